The van der Waals surface area contributed by atoms with Crippen LogP contribution in [0.25, 0.3) is 16.9 Å². The quantitative estimate of drug-likeness (QED) is 0.286. The Balaban J connectivity index is 1.62. The summed E-state index contributed by atoms with van der Waals surface area (Å²) >= 11 is 0. The summed E-state index contributed by atoms with van der Waals surface area (Å²) in [5.41, 5.74) is 11.4. The molecule has 0 unspecified atom stereocenters. The topological polar surface area (TPSA) is 114 Å². The summed E-state index contributed by atoms with van der Waals surface area (Å²) < 4.78 is 6.90. The summed E-state index contributed by atoms with van der Waals surface area (Å²) in [6, 6.07) is 19.3. The second kappa shape index (κ2) is 11.6. The van der Waals surface area contributed by atoms with Crippen LogP contribution in [-0.2, 0) is 22.6 Å². The molecular formula is C28H32N6O3. The number of pyridine rings is 1. The number of nitrogens with two attached hydrogens (primary N) is 1. The number of carbonyl (C=O) groups excluding carboxylic acids is 2. The van der Waals surface area contributed by atoms with Crippen molar-refractivity contribution in [2.75, 3.05) is 37.5 Å². The minimum atomic E-state index is -0.360. The standard InChI is InChI=1S/C28H32N6O3/c1-4-37-25(35)18-30-27-26(21-8-10-23(11-9-21)33(2)3)32-24-15-22(12-13-34(24)27)28(36)31-17-20-7-5-6-19(14-20)16-29/h5-15,30H,4,16-18,29H2,1-3H3,(H,31,36). The third-order valence-corrected chi connectivity index (χ3v) is 5.93. The van der Waals surface area contributed by atoms with Gasteiger partial charge in [0, 0.05) is 50.2 Å². The third kappa shape index (κ3) is 6.07. The lowest BCUT2D eigenvalue weighted by atomic mass is 10.1. The van der Waals surface area contributed by atoms with E-state index in [2.05, 4.69) is 10.6 Å². The highest BCUT2D eigenvalue weighted by Crippen LogP contribution is 2.30. The van der Waals surface area contributed by atoms with Crippen molar-refractivity contribution in [2.24, 2.45) is 5.73 Å². The van der Waals surface area contributed by atoms with Crippen molar-refractivity contribution < 1.29 is 14.3 Å². The van der Waals surface area contributed by atoms with Crippen LogP contribution >= 0.6 is 0 Å². The molecule has 0 aliphatic rings. The maximum Gasteiger partial charge on any atom is 0.325 e. The molecule has 0 saturated heterocycles. The van der Waals surface area contributed by atoms with E-state index in [0.717, 1.165) is 22.4 Å². The first-order valence-electron chi connectivity index (χ1n) is 12.1. The lowest BCUT2D eigenvalue weighted by Gasteiger charge is -2.13. The number of ether oxygens (including phenoxy) is 1. The number of hydrogen-bond acceptors (Lipinski definition) is 7. The number of amides is 1. The van der Waals surface area contributed by atoms with Crippen molar-refractivity contribution in [3.8, 4) is 11.3 Å². The fourth-order valence-electron chi connectivity index (χ4n) is 3.99. The van der Waals surface area contributed by atoms with Crippen LogP contribution in [-0.4, -0.2) is 48.5 Å². The molecule has 0 spiro atoms. The number of esters is 1. The van der Waals surface area contributed by atoms with E-state index in [1.807, 2.05) is 71.9 Å². The molecule has 2 aromatic heterocycles. The van der Waals surface area contributed by atoms with Crippen LogP contribution in [0.2, 0.25) is 0 Å². The normalized spacial score (nSPS) is 10.8. The van der Waals surface area contributed by atoms with Gasteiger partial charge >= 0.3 is 5.97 Å². The SMILES string of the molecule is CCOC(=O)CNc1c(-c2ccc(N(C)C)cc2)nc2cc(C(=O)NCc3cccc(CN)c3)ccn12. The number of aromatic nitrogens is 2. The maximum atomic E-state index is 12.9. The molecule has 37 heavy (non-hydrogen) atoms. The second-order valence-corrected chi connectivity index (χ2v) is 8.76. The van der Waals surface area contributed by atoms with Crippen LogP contribution in [0, 0.1) is 0 Å². The molecule has 9 heteroatoms. The molecule has 0 atom stereocenters. The van der Waals surface area contributed by atoms with Crippen LogP contribution in [0.5, 0.6) is 0 Å². The van der Waals surface area contributed by atoms with E-state index in [0.29, 0.717) is 42.4 Å². The number of hydrogen-bond donors (Lipinski definition) is 3. The Morgan fingerprint density at radius 1 is 1.05 bits per heavy atom. The van der Waals surface area contributed by atoms with Gasteiger partial charge < -0.3 is 26.0 Å². The minimum absolute atomic E-state index is 0.00544. The zero-order chi connectivity index (χ0) is 26.4. The number of carbonyl (C=O) groups is 2. The Morgan fingerprint density at radius 2 is 1.81 bits per heavy atom. The average molecular weight is 501 g/mol. The lowest BCUT2D eigenvalue weighted by Crippen LogP contribution is -2.23. The highest BCUT2D eigenvalue weighted by Gasteiger charge is 2.17. The van der Waals surface area contributed by atoms with Crippen molar-refractivity contribution in [3.05, 3.63) is 83.6 Å². The summed E-state index contributed by atoms with van der Waals surface area (Å²) in [6.45, 7) is 2.91. The van der Waals surface area contributed by atoms with Gasteiger partial charge in [0.15, 0.2) is 0 Å². The van der Waals surface area contributed by atoms with Gasteiger partial charge in [0.25, 0.3) is 5.91 Å². The van der Waals surface area contributed by atoms with Crippen LogP contribution in [0.1, 0.15) is 28.4 Å². The Hall–Kier alpha value is -4.37. The lowest BCUT2D eigenvalue weighted by molar-refractivity contribution is -0.140. The van der Waals surface area contributed by atoms with Gasteiger partial charge in [-0.15, -0.1) is 0 Å². The molecule has 192 valence electrons. The molecule has 0 saturated carbocycles. The van der Waals surface area contributed by atoms with Gasteiger partial charge in [-0.1, -0.05) is 36.4 Å². The number of imidazole rings is 1. The number of nitrogens with zero attached hydrogens (tertiary/aromatic N) is 3. The van der Waals surface area contributed by atoms with Crippen LogP contribution < -0.4 is 21.3 Å². The molecule has 1 amide bonds. The van der Waals surface area contributed by atoms with Crippen molar-refractivity contribution in [1.82, 2.24) is 14.7 Å². The van der Waals surface area contributed by atoms with E-state index in [-0.39, 0.29) is 18.4 Å². The van der Waals surface area contributed by atoms with E-state index < -0.39 is 0 Å². The largest absolute Gasteiger partial charge is 0.465 e. The monoisotopic (exact) mass is 500 g/mol. The zero-order valence-electron chi connectivity index (χ0n) is 21.3. The van der Waals surface area contributed by atoms with Gasteiger partial charge in [-0.2, -0.15) is 0 Å². The average Bonchev–Trinajstić information content (AvgIpc) is 3.28. The summed E-state index contributed by atoms with van der Waals surface area (Å²) in [5, 5.41) is 6.12. The molecule has 4 aromatic rings. The Kier molecular flexibility index (Phi) is 8.05. The van der Waals surface area contributed by atoms with Gasteiger partial charge in [0.05, 0.1) is 6.61 Å². The van der Waals surface area contributed by atoms with Gasteiger partial charge in [0.2, 0.25) is 0 Å². The van der Waals surface area contributed by atoms with Crippen molar-refractivity contribution in [1.29, 1.82) is 0 Å². The van der Waals surface area contributed by atoms with Gasteiger partial charge in [-0.3, -0.25) is 14.0 Å². The fourth-order valence-corrected chi connectivity index (χ4v) is 3.99. The number of anilines is 2. The first-order valence-corrected chi connectivity index (χ1v) is 12.1. The zero-order valence-corrected chi connectivity index (χ0v) is 21.3. The summed E-state index contributed by atoms with van der Waals surface area (Å²) in [6.07, 6.45) is 1.78. The molecule has 0 aliphatic heterocycles. The minimum Gasteiger partial charge on any atom is -0.465 e. The molecule has 0 radical (unpaired) electrons. The first-order chi connectivity index (χ1) is 17.9. The highest BCUT2D eigenvalue weighted by atomic mass is 16.5. The number of rotatable bonds is 10. The molecule has 4 N–H and O–H groups in total. The smallest absolute Gasteiger partial charge is 0.325 e. The number of nitrogens with one attached hydrogen (secondary N) is 2. The van der Waals surface area contributed by atoms with E-state index in [4.69, 9.17) is 15.5 Å². The Bertz CT molecular complexity index is 1400. The van der Waals surface area contributed by atoms with Crippen LogP contribution in [0.4, 0.5) is 11.5 Å². The van der Waals surface area contributed by atoms with Crippen molar-refractivity contribution in [2.45, 2.75) is 20.0 Å². The summed E-state index contributed by atoms with van der Waals surface area (Å²) in [5.74, 6) is 0.0776. The summed E-state index contributed by atoms with van der Waals surface area (Å²) in [7, 11) is 3.96. The maximum absolute atomic E-state index is 12.9. The summed E-state index contributed by atoms with van der Waals surface area (Å²) in [4.78, 5) is 31.8. The molecule has 0 bridgehead atoms. The van der Waals surface area contributed by atoms with Gasteiger partial charge in [-0.05, 0) is 42.3 Å². The number of benzene rings is 2. The van der Waals surface area contributed by atoms with Gasteiger partial charge in [0.1, 0.15) is 23.7 Å². The Labute approximate surface area is 216 Å². The van der Waals surface area contributed by atoms with E-state index in [1.165, 1.54) is 0 Å². The molecule has 0 fully saturated rings. The molecular weight excluding hydrogens is 468 g/mol. The highest BCUT2D eigenvalue weighted by molar-refractivity contribution is 5.95. The third-order valence-electron chi connectivity index (χ3n) is 5.93. The van der Waals surface area contributed by atoms with E-state index in [1.54, 1.807) is 25.3 Å². The molecule has 2 aromatic carbocycles. The van der Waals surface area contributed by atoms with E-state index >= 15 is 0 Å². The predicted octanol–water partition coefficient (Wildman–Crippen LogP) is 3.43. The molecule has 0 aliphatic carbocycles. The Morgan fingerprint density at radius 3 is 2.51 bits per heavy atom. The second-order valence-electron chi connectivity index (χ2n) is 8.76. The molecule has 2 heterocycles. The van der Waals surface area contributed by atoms with Crippen LogP contribution in [0.15, 0.2) is 66.9 Å². The molecule has 4 rings (SSSR count). The fraction of sp³-hybridized carbons (Fsp3) is 0.250. The van der Waals surface area contributed by atoms with Crippen molar-refractivity contribution in [3.63, 3.8) is 0 Å². The van der Waals surface area contributed by atoms with E-state index in [9.17, 15) is 9.59 Å². The van der Waals surface area contributed by atoms with Crippen molar-refractivity contribution >= 4 is 29.0 Å². The molecule has 9 nitrogen and oxygen atoms in total. The predicted molar refractivity (Wildman–Crippen MR) is 146 cm³/mol. The van der Waals surface area contributed by atoms with Gasteiger partial charge in [-0.25, -0.2) is 4.98 Å². The number of fused-ring (bicyclic) bond motifs is 1. The van der Waals surface area contributed by atoms with Crippen LogP contribution in [0.3, 0.4) is 0 Å². The first kappa shape index (κ1) is 25.7.